The number of nitrogens with zero attached hydrogens (tertiary/aromatic N) is 3. The van der Waals surface area contributed by atoms with Crippen molar-refractivity contribution in [1.29, 1.82) is 5.26 Å². The first kappa shape index (κ1) is 17.2. The molecule has 1 heterocycles. The summed E-state index contributed by atoms with van der Waals surface area (Å²) in [5.74, 6) is 0.159. The van der Waals surface area contributed by atoms with Crippen molar-refractivity contribution < 1.29 is 17.9 Å². The third kappa shape index (κ3) is 5.23. The average molecular weight is 301 g/mol. The molecule has 1 aromatic rings. The van der Waals surface area contributed by atoms with E-state index in [1.54, 1.807) is 11.0 Å². The molecular formula is C14H18F3N3O. The molecule has 0 spiro atoms. The van der Waals surface area contributed by atoms with Crippen molar-refractivity contribution >= 4 is 5.82 Å². The van der Waals surface area contributed by atoms with Crippen LogP contribution in [0, 0.1) is 11.3 Å². The fraction of sp³-hybridized carbons (Fsp3) is 0.571. The van der Waals surface area contributed by atoms with E-state index in [1.807, 2.05) is 6.92 Å². The molecule has 1 aromatic heterocycles. The summed E-state index contributed by atoms with van der Waals surface area (Å²) >= 11 is 0. The van der Waals surface area contributed by atoms with Crippen molar-refractivity contribution in [2.24, 2.45) is 0 Å². The highest BCUT2D eigenvalue weighted by Crippen LogP contribution is 2.31. The molecule has 0 atom stereocenters. The Hall–Kier alpha value is -1.81. The van der Waals surface area contributed by atoms with Crippen LogP contribution in [0.2, 0.25) is 0 Å². The van der Waals surface area contributed by atoms with Crippen LogP contribution in [0.15, 0.2) is 12.1 Å². The molecule has 0 amide bonds. The Morgan fingerprint density at radius 2 is 2.05 bits per heavy atom. The lowest BCUT2D eigenvalue weighted by Gasteiger charge is -2.24. The number of hydrogen-bond donors (Lipinski definition) is 0. The van der Waals surface area contributed by atoms with E-state index in [4.69, 9.17) is 10.00 Å². The molecule has 0 bridgehead atoms. The maximum atomic E-state index is 12.9. The van der Waals surface area contributed by atoms with E-state index < -0.39 is 11.7 Å². The van der Waals surface area contributed by atoms with Gasteiger partial charge in [-0.15, -0.1) is 0 Å². The predicted octanol–water partition coefficient (Wildman–Crippen LogP) is 3.22. The van der Waals surface area contributed by atoms with Gasteiger partial charge in [-0.2, -0.15) is 18.4 Å². The number of pyridine rings is 1. The minimum atomic E-state index is -4.50. The van der Waals surface area contributed by atoms with Crippen molar-refractivity contribution in [3.63, 3.8) is 0 Å². The van der Waals surface area contributed by atoms with Gasteiger partial charge in [-0.1, -0.05) is 13.3 Å². The van der Waals surface area contributed by atoms with E-state index in [0.717, 1.165) is 25.0 Å². The second kappa shape index (κ2) is 7.84. The molecule has 0 saturated carbocycles. The molecule has 0 fully saturated rings. The largest absolute Gasteiger partial charge is 0.416 e. The van der Waals surface area contributed by atoms with Crippen LogP contribution in [0.4, 0.5) is 19.0 Å². The Morgan fingerprint density at radius 3 is 2.57 bits per heavy atom. The second-order valence-electron chi connectivity index (χ2n) is 4.54. The van der Waals surface area contributed by atoms with Crippen LogP contribution in [-0.2, 0) is 10.9 Å². The van der Waals surface area contributed by atoms with Crippen LogP contribution in [0.5, 0.6) is 0 Å². The molecule has 0 aliphatic carbocycles. The Morgan fingerprint density at radius 1 is 1.33 bits per heavy atom. The molecule has 0 N–H and O–H groups in total. The summed E-state index contributed by atoms with van der Waals surface area (Å²) in [5, 5.41) is 8.86. The zero-order valence-corrected chi connectivity index (χ0v) is 12.1. The highest BCUT2D eigenvalue weighted by Gasteiger charge is 2.32. The molecular weight excluding hydrogens is 283 g/mol. The highest BCUT2D eigenvalue weighted by molar-refractivity contribution is 5.46. The molecule has 0 saturated heterocycles. The van der Waals surface area contributed by atoms with E-state index in [-0.39, 0.29) is 11.5 Å². The fourth-order valence-electron chi connectivity index (χ4n) is 1.79. The second-order valence-corrected chi connectivity index (χ2v) is 4.54. The average Bonchev–Trinajstić information content (AvgIpc) is 2.46. The quantitative estimate of drug-likeness (QED) is 0.776. The molecule has 7 heteroatoms. The van der Waals surface area contributed by atoms with E-state index in [1.165, 1.54) is 7.11 Å². The minimum Gasteiger partial charge on any atom is -0.383 e. The fourth-order valence-corrected chi connectivity index (χ4v) is 1.79. The van der Waals surface area contributed by atoms with Crippen LogP contribution in [-0.4, -0.2) is 31.8 Å². The lowest BCUT2D eigenvalue weighted by molar-refractivity contribution is -0.137. The number of unbranched alkanes of at least 4 members (excludes halogenated alkanes) is 1. The number of nitriles is 1. The summed E-state index contributed by atoms with van der Waals surface area (Å²) in [4.78, 5) is 5.69. The number of hydrogen-bond acceptors (Lipinski definition) is 4. The van der Waals surface area contributed by atoms with Gasteiger partial charge in [-0.25, -0.2) is 4.98 Å². The smallest absolute Gasteiger partial charge is 0.383 e. The summed E-state index contributed by atoms with van der Waals surface area (Å²) in [7, 11) is 1.53. The van der Waals surface area contributed by atoms with Gasteiger partial charge in [0.2, 0.25) is 0 Å². The van der Waals surface area contributed by atoms with Crippen molar-refractivity contribution in [1.82, 2.24) is 4.98 Å². The van der Waals surface area contributed by atoms with Gasteiger partial charge < -0.3 is 9.64 Å². The monoisotopic (exact) mass is 301 g/mol. The van der Waals surface area contributed by atoms with Gasteiger partial charge in [0.25, 0.3) is 0 Å². The lowest BCUT2D eigenvalue weighted by atomic mass is 10.2. The van der Waals surface area contributed by atoms with Crippen LogP contribution in [0.25, 0.3) is 0 Å². The van der Waals surface area contributed by atoms with Crippen LogP contribution in [0.1, 0.15) is 31.0 Å². The van der Waals surface area contributed by atoms with Gasteiger partial charge >= 0.3 is 6.18 Å². The van der Waals surface area contributed by atoms with Crippen LogP contribution < -0.4 is 4.90 Å². The molecule has 116 valence electrons. The third-order valence-electron chi connectivity index (χ3n) is 2.92. The van der Waals surface area contributed by atoms with Gasteiger partial charge in [0, 0.05) is 20.2 Å². The van der Waals surface area contributed by atoms with E-state index in [9.17, 15) is 13.2 Å². The standard InChI is InChI=1S/C14H18F3N3O/c1-3-4-5-20(6-7-21-2)13-9-11(14(15,16)17)8-12(10-18)19-13/h8-9H,3-7H2,1-2H3. The summed E-state index contributed by atoms with van der Waals surface area (Å²) in [6.07, 6.45) is -2.77. The molecule has 0 radical (unpaired) electrons. The molecule has 0 aliphatic rings. The Kier molecular flexibility index (Phi) is 6.43. The highest BCUT2D eigenvalue weighted by atomic mass is 19.4. The first-order chi connectivity index (χ1) is 9.92. The van der Waals surface area contributed by atoms with E-state index >= 15 is 0 Å². The maximum Gasteiger partial charge on any atom is 0.416 e. The van der Waals surface area contributed by atoms with Crippen LogP contribution in [0.3, 0.4) is 0 Å². The lowest BCUT2D eigenvalue weighted by Crippen LogP contribution is -2.29. The molecule has 0 unspecified atom stereocenters. The Balaban J connectivity index is 3.13. The zero-order valence-electron chi connectivity index (χ0n) is 12.1. The van der Waals surface area contributed by atoms with Crippen LogP contribution >= 0.6 is 0 Å². The van der Waals surface area contributed by atoms with Crippen molar-refractivity contribution in [3.05, 3.63) is 23.4 Å². The normalized spacial score (nSPS) is 11.2. The topological polar surface area (TPSA) is 49.1 Å². The number of rotatable bonds is 7. The Labute approximate surface area is 122 Å². The molecule has 1 rings (SSSR count). The van der Waals surface area contributed by atoms with Crippen molar-refractivity contribution in [2.45, 2.75) is 25.9 Å². The number of halogens is 3. The first-order valence-electron chi connectivity index (χ1n) is 6.65. The van der Waals surface area contributed by atoms with Crippen molar-refractivity contribution in [2.75, 3.05) is 31.7 Å². The van der Waals surface area contributed by atoms with Gasteiger partial charge in [-0.3, -0.25) is 0 Å². The number of methoxy groups -OCH3 is 1. The summed E-state index contributed by atoms with van der Waals surface area (Å²) in [6, 6.07) is 3.42. The summed E-state index contributed by atoms with van der Waals surface area (Å²) < 4.78 is 43.6. The van der Waals surface area contributed by atoms with Gasteiger partial charge in [0.1, 0.15) is 17.6 Å². The maximum absolute atomic E-state index is 12.9. The molecule has 0 aliphatic heterocycles. The van der Waals surface area contributed by atoms with E-state index in [2.05, 4.69) is 4.98 Å². The summed E-state index contributed by atoms with van der Waals surface area (Å²) in [6.45, 7) is 3.37. The van der Waals surface area contributed by atoms with Gasteiger partial charge in [0.05, 0.1) is 12.2 Å². The molecule has 21 heavy (non-hydrogen) atoms. The minimum absolute atomic E-state index is 0.159. The Bertz CT molecular complexity index is 489. The number of ether oxygens (including phenoxy) is 1. The molecule has 4 nitrogen and oxygen atoms in total. The zero-order chi connectivity index (χ0) is 15.9. The number of alkyl halides is 3. The van der Waals surface area contributed by atoms with Gasteiger partial charge in [-0.05, 0) is 18.6 Å². The van der Waals surface area contributed by atoms with E-state index in [0.29, 0.717) is 19.7 Å². The first-order valence-corrected chi connectivity index (χ1v) is 6.65. The summed E-state index contributed by atoms with van der Waals surface area (Å²) in [5.41, 5.74) is -1.10. The number of aromatic nitrogens is 1. The number of anilines is 1. The SMILES string of the molecule is CCCCN(CCOC)c1cc(C(F)(F)F)cc(C#N)n1. The predicted molar refractivity (Wildman–Crippen MR) is 73.0 cm³/mol. The van der Waals surface area contributed by atoms with Gasteiger partial charge in [0.15, 0.2) is 0 Å². The third-order valence-corrected chi connectivity index (χ3v) is 2.92. The molecule has 0 aromatic carbocycles. The van der Waals surface area contributed by atoms with Crippen molar-refractivity contribution in [3.8, 4) is 6.07 Å².